The fourth-order valence-corrected chi connectivity index (χ4v) is 4.67. The number of carbonyl (C=O) groups excluding carboxylic acids is 2. The summed E-state index contributed by atoms with van der Waals surface area (Å²) in [6.07, 6.45) is 1.81. The van der Waals surface area contributed by atoms with E-state index in [0.717, 1.165) is 23.5 Å². The lowest BCUT2D eigenvalue weighted by atomic mass is 10.1. The number of nitrogens with one attached hydrogen (secondary N) is 4. The van der Waals surface area contributed by atoms with Gasteiger partial charge in [-0.1, -0.05) is 6.07 Å². The van der Waals surface area contributed by atoms with E-state index >= 15 is 0 Å². The summed E-state index contributed by atoms with van der Waals surface area (Å²) < 4.78 is 34.9. The highest BCUT2D eigenvalue weighted by Gasteiger charge is 2.27. The normalized spacial score (nSPS) is 12.5. The Labute approximate surface area is 228 Å². The Balaban J connectivity index is 1.55. The van der Waals surface area contributed by atoms with Gasteiger partial charge in [-0.2, -0.15) is 9.97 Å². The zero-order valence-electron chi connectivity index (χ0n) is 22.4. The van der Waals surface area contributed by atoms with E-state index in [1.807, 2.05) is 25.1 Å². The number of rotatable bonds is 8. The number of benzene rings is 2. The quantitative estimate of drug-likeness (QED) is 0.262. The number of ether oxygens (including phenoxy) is 1. The number of carbonyl (C=O) groups is 2. The van der Waals surface area contributed by atoms with E-state index in [1.54, 1.807) is 11.0 Å². The number of anilines is 5. The van der Waals surface area contributed by atoms with E-state index in [4.69, 9.17) is 4.74 Å². The molecule has 1 aliphatic rings. The molecule has 0 unspecified atom stereocenters. The molecule has 0 spiro atoms. The minimum Gasteiger partial charge on any atom is -0.495 e. The third-order valence-corrected chi connectivity index (χ3v) is 6.50. The molecular formula is C27H28F2N8O3. The van der Waals surface area contributed by atoms with Crippen molar-refractivity contribution in [1.82, 2.24) is 25.2 Å². The topological polar surface area (TPSA) is 128 Å². The summed E-state index contributed by atoms with van der Waals surface area (Å²) in [6, 6.07) is 7.72. The van der Waals surface area contributed by atoms with Crippen molar-refractivity contribution in [3.8, 4) is 5.75 Å². The summed E-state index contributed by atoms with van der Waals surface area (Å²) in [4.78, 5) is 40.3. The number of nitrogens with zero attached hydrogens (tertiary/aromatic N) is 4. The largest absolute Gasteiger partial charge is 0.495 e. The lowest BCUT2D eigenvalue weighted by molar-refractivity contribution is -0.119. The van der Waals surface area contributed by atoms with Crippen LogP contribution in [0.3, 0.4) is 0 Å². The molecule has 3 heterocycles. The zero-order chi connectivity index (χ0) is 28.6. The van der Waals surface area contributed by atoms with Crippen LogP contribution in [-0.4, -0.2) is 73.0 Å². The highest BCUT2D eigenvalue weighted by molar-refractivity contribution is 6.02. The number of H-pyrrole nitrogens is 1. The number of hydrogen-bond donors (Lipinski definition) is 4. The average molecular weight is 551 g/mol. The van der Waals surface area contributed by atoms with Crippen molar-refractivity contribution < 1.29 is 23.1 Å². The van der Waals surface area contributed by atoms with Crippen LogP contribution in [0.5, 0.6) is 5.75 Å². The minimum absolute atomic E-state index is 0.00455. The van der Waals surface area contributed by atoms with Gasteiger partial charge >= 0.3 is 0 Å². The summed E-state index contributed by atoms with van der Waals surface area (Å²) in [5.74, 6) is -1.50. The van der Waals surface area contributed by atoms with E-state index in [2.05, 4.69) is 30.9 Å². The Hall–Kier alpha value is -4.78. The van der Waals surface area contributed by atoms with Gasteiger partial charge in [0.2, 0.25) is 11.9 Å². The average Bonchev–Trinajstić information content (AvgIpc) is 3.50. The molecule has 13 heteroatoms. The van der Waals surface area contributed by atoms with E-state index < -0.39 is 17.5 Å². The first-order valence-electron chi connectivity index (χ1n) is 12.5. The summed E-state index contributed by atoms with van der Waals surface area (Å²) >= 11 is 0. The summed E-state index contributed by atoms with van der Waals surface area (Å²) in [6.45, 7) is 0.813. The highest BCUT2D eigenvalue weighted by Crippen LogP contribution is 2.39. The van der Waals surface area contributed by atoms with Crippen LogP contribution in [0.4, 0.5) is 37.6 Å². The standard InChI is InChI=1S/C27H28F2N8O3/c1-30-26(39)22-15(28)6-5-7-17(22)32-25-23-16(29)12-31-24(23)34-27(35-25)33-18-11-19-14(10-20(18)40-4)8-9-37(19)21(38)13-36(2)3/h5-7,10-12H,8-9,13H2,1-4H3,(H,30,39)(H3,31,32,33,34,35). The summed E-state index contributed by atoms with van der Waals surface area (Å²) in [5.41, 5.74) is 2.21. The van der Waals surface area contributed by atoms with Crippen molar-refractivity contribution >= 4 is 51.7 Å². The molecule has 0 fully saturated rings. The number of likely N-dealkylation sites (N-methyl/N-ethyl adjacent to an activating group) is 1. The first-order valence-corrected chi connectivity index (χ1v) is 12.5. The predicted molar refractivity (Wildman–Crippen MR) is 148 cm³/mol. The molecule has 2 aromatic heterocycles. The fourth-order valence-electron chi connectivity index (χ4n) is 4.67. The van der Waals surface area contributed by atoms with Gasteiger partial charge in [0.1, 0.15) is 23.0 Å². The van der Waals surface area contributed by atoms with Crippen molar-refractivity contribution in [2.75, 3.05) is 56.9 Å². The number of amides is 2. The van der Waals surface area contributed by atoms with Crippen LogP contribution in [0.1, 0.15) is 15.9 Å². The molecule has 208 valence electrons. The summed E-state index contributed by atoms with van der Waals surface area (Å²) in [5, 5.41) is 8.43. The Morgan fingerprint density at radius 2 is 1.93 bits per heavy atom. The molecule has 1 aliphatic heterocycles. The predicted octanol–water partition coefficient (Wildman–Crippen LogP) is 3.54. The molecule has 0 saturated carbocycles. The van der Waals surface area contributed by atoms with Crippen LogP contribution in [0, 0.1) is 11.6 Å². The van der Waals surface area contributed by atoms with Crippen LogP contribution >= 0.6 is 0 Å². The van der Waals surface area contributed by atoms with E-state index in [-0.39, 0.29) is 46.5 Å². The second-order valence-corrected chi connectivity index (χ2v) is 9.46. The fraction of sp³-hybridized carbons (Fsp3) is 0.259. The SMILES string of the molecule is CNC(=O)c1c(F)cccc1Nc1nc(Nc2cc3c(cc2OC)CCN3C(=O)CN(C)C)nc2[nH]cc(F)c12. The van der Waals surface area contributed by atoms with Crippen molar-refractivity contribution in [2.24, 2.45) is 0 Å². The lowest BCUT2D eigenvalue weighted by Crippen LogP contribution is -2.36. The highest BCUT2D eigenvalue weighted by atomic mass is 19.1. The van der Waals surface area contributed by atoms with Gasteiger partial charge in [0.25, 0.3) is 5.91 Å². The van der Waals surface area contributed by atoms with Gasteiger partial charge in [0, 0.05) is 25.5 Å². The number of aromatic nitrogens is 3. The van der Waals surface area contributed by atoms with E-state index in [9.17, 15) is 18.4 Å². The van der Waals surface area contributed by atoms with E-state index in [0.29, 0.717) is 24.4 Å². The molecule has 2 amide bonds. The third kappa shape index (κ3) is 4.98. The van der Waals surface area contributed by atoms with Crippen LogP contribution < -0.4 is 25.6 Å². The zero-order valence-corrected chi connectivity index (χ0v) is 22.4. The van der Waals surface area contributed by atoms with Crippen molar-refractivity contribution in [3.63, 3.8) is 0 Å². The second kappa shape index (κ2) is 10.8. The molecule has 5 rings (SSSR count). The summed E-state index contributed by atoms with van der Waals surface area (Å²) in [7, 11) is 6.58. The van der Waals surface area contributed by atoms with Gasteiger partial charge in [-0.3, -0.25) is 9.59 Å². The molecule has 11 nitrogen and oxygen atoms in total. The molecule has 0 aliphatic carbocycles. The Morgan fingerprint density at radius 3 is 2.65 bits per heavy atom. The molecule has 4 N–H and O–H groups in total. The maximum absolute atomic E-state index is 14.8. The number of hydrogen-bond acceptors (Lipinski definition) is 8. The number of halogens is 2. The lowest BCUT2D eigenvalue weighted by Gasteiger charge is -2.21. The van der Waals surface area contributed by atoms with Gasteiger partial charge in [0.15, 0.2) is 5.82 Å². The first-order chi connectivity index (χ1) is 19.2. The molecule has 0 atom stereocenters. The van der Waals surface area contributed by atoms with Crippen LogP contribution in [-0.2, 0) is 11.2 Å². The maximum atomic E-state index is 14.8. The van der Waals surface area contributed by atoms with Crippen LogP contribution in [0.25, 0.3) is 11.0 Å². The molecular weight excluding hydrogens is 522 g/mol. The van der Waals surface area contributed by atoms with Crippen molar-refractivity contribution in [2.45, 2.75) is 6.42 Å². The number of aromatic amines is 1. The van der Waals surface area contributed by atoms with E-state index in [1.165, 1.54) is 26.3 Å². The van der Waals surface area contributed by atoms with Crippen molar-refractivity contribution in [1.29, 1.82) is 0 Å². The number of methoxy groups -OCH3 is 1. The molecule has 40 heavy (non-hydrogen) atoms. The smallest absolute Gasteiger partial charge is 0.256 e. The Morgan fingerprint density at radius 1 is 1.12 bits per heavy atom. The molecule has 0 saturated heterocycles. The monoisotopic (exact) mass is 550 g/mol. The van der Waals surface area contributed by atoms with Gasteiger partial charge in [-0.25, -0.2) is 8.78 Å². The molecule has 2 aromatic carbocycles. The van der Waals surface area contributed by atoms with Crippen LogP contribution in [0.15, 0.2) is 36.5 Å². The Kier molecular flexibility index (Phi) is 7.22. The second-order valence-electron chi connectivity index (χ2n) is 9.46. The maximum Gasteiger partial charge on any atom is 0.256 e. The number of fused-ring (bicyclic) bond motifs is 2. The van der Waals surface area contributed by atoms with Gasteiger partial charge in [-0.05, 0) is 50.3 Å². The van der Waals surface area contributed by atoms with Gasteiger partial charge in [0.05, 0.1) is 36.0 Å². The first kappa shape index (κ1) is 26.8. The van der Waals surface area contributed by atoms with Gasteiger partial charge in [-0.15, -0.1) is 0 Å². The van der Waals surface area contributed by atoms with Gasteiger partial charge < -0.3 is 35.5 Å². The molecule has 0 bridgehead atoms. The molecule has 0 radical (unpaired) electrons. The minimum atomic E-state index is -0.751. The molecule has 4 aromatic rings. The van der Waals surface area contributed by atoms with Crippen LogP contribution in [0.2, 0.25) is 0 Å². The Bertz CT molecular complexity index is 1620. The van der Waals surface area contributed by atoms with Crippen molar-refractivity contribution in [3.05, 3.63) is 59.3 Å². The third-order valence-electron chi connectivity index (χ3n) is 6.50.